The highest BCUT2D eigenvalue weighted by molar-refractivity contribution is 5.23. The third kappa shape index (κ3) is 2.93. The molecule has 0 spiro atoms. The highest BCUT2D eigenvalue weighted by atomic mass is 16.2. The number of hydrogen-bond donors (Lipinski definition) is 1. The topological polar surface area (TPSA) is 87.8 Å². The Balaban J connectivity index is 2.07. The van der Waals surface area contributed by atoms with E-state index < -0.39 is 0 Å². The van der Waals surface area contributed by atoms with Crippen molar-refractivity contribution in [1.29, 1.82) is 0 Å². The minimum absolute atomic E-state index is 0.269. The first-order chi connectivity index (χ1) is 9.11. The maximum atomic E-state index is 12.0. The number of aromatic nitrogens is 4. The molecule has 0 atom stereocenters. The summed E-state index contributed by atoms with van der Waals surface area (Å²) in [6, 6.07) is 3.12. The molecule has 0 fully saturated rings. The second-order valence-electron chi connectivity index (χ2n) is 4.23. The molecule has 0 aromatic carbocycles. The minimum Gasteiger partial charge on any atom is -0.382 e. The summed E-state index contributed by atoms with van der Waals surface area (Å²) in [5.74, 6) is 0.463. The summed E-state index contributed by atoms with van der Waals surface area (Å²) in [6.07, 6.45) is 3.94. The average Bonchev–Trinajstić information content (AvgIpc) is 2.79. The lowest BCUT2D eigenvalue weighted by atomic mass is 10.4. The Kier molecular flexibility index (Phi) is 3.84. The minimum atomic E-state index is -0.269. The summed E-state index contributed by atoms with van der Waals surface area (Å²) in [5, 5.41) is 4.04. The lowest BCUT2D eigenvalue weighted by Gasteiger charge is -2.08. The Bertz CT molecular complexity index is 667. The number of hydrogen-bond acceptors (Lipinski definition) is 4. The second-order valence-corrected chi connectivity index (χ2v) is 4.23. The van der Waals surface area contributed by atoms with Crippen LogP contribution in [0.4, 0.5) is 5.82 Å². The number of nitrogens with two attached hydrogens (primary N) is 1. The first-order valence-corrected chi connectivity index (χ1v) is 6.21. The molecule has 0 aliphatic heterocycles. The monoisotopic (exact) mass is 263 g/mol. The van der Waals surface area contributed by atoms with Gasteiger partial charge >= 0.3 is 5.69 Å². The molecule has 0 saturated carbocycles. The van der Waals surface area contributed by atoms with E-state index in [-0.39, 0.29) is 11.2 Å². The first kappa shape index (κ1) is 13.1. The van der Waals surface area contributed by atoms with Crippen LogP contribution in [0.25, 0.3) is 0 Å². The highest BCUT2D eigenvalue weighted by Crippen LogP contribution is 1.97. The van der Waals surface area contributed by atoms with E-state index in [9.17, 15) is 9.59 Å². The van der Waals surface area contributed by atoms with Gasteiger partial charge in [-0.1, -0.05) is 0 Å². The Morgan fingerprint density at radius 3 is 2.63 bits per heavy atom. The van der Waals surface area contributed by atoms with Crippen LogP contribution in [-0.2, 0) is 19.6 Å². The summed E-state index contributed by atoms with van der Waals surface area (Å²) in [4.78, 5) is 23.6. The number of rotatable bonds is 5. The quantitative estimate of drug-likeness (QED) is 0.816. The Hall–Kier alpha value is -2.31. The molecular formula is C12H17N5O2. The van der Waals surface area contributed by atoms with Gasteiger partial charge < -0.3 is 10.3 Å². The lowest BCUT2D eigenvalue weighted by molar-refractivity contribution is 0.491. The van der Waals surface area contributed by atoms with E-state index in [0.29, 0.717) is 31.9 Å². The average molecular weight is 263 g/mol. The zero-order valence-corrected chi connectivity index (χ0v) is 10.8. The van der Waals surface area contributed by atoms with Crippen molar-refractivity contribution in [2.24, 2.45) is 0 Å². The molecule has 19 heavy (non-hydrogen) atoms. The fourth-order valence-corrected chi connectivity index (χ4v) is 1.90. The fraction of sp³-hybridized carbons (Fsp3) is 0.417. The molecule has 2 heterocycles. The molecule has 0 radical (unpaired) electrons. The first-order valence-electron chi connectivity index (χ1n) is 6.21. The van der Waals surface area contributed by atoms with E-state index in [1.807, 2.05) is 6.92 Å². The van der Waals surface area contributed by atoms with Crippen molar-refractivity contribution in [3.63, 3.8) is 0 Å². The van der Waals surface area contributed by atoms with Gasteiger partial charge in [-0.15, -0.1) is 0 Å². The second kappa shape index (κ2) is 5.55. The van der Waals surface area contributed by atoms with Crippen molar-refractivity contribution in [3.05, 3.63) is 45.4 Å². The molecule has 102 valence electrons. The van der Waals surface area contributed by atoms with Crippen LogP contribution in [0, 0.1) is 0 Å². The summed E-state index contributed by atoms with van der Waals surface area (Å²) >= 11 is 0. The molecule has 0 saturated heterocycles. The lowest BCUT2D eigenvalue weighted by Crippen LogP contribution is -2.38. The van der Waals surface area contributed by atoms with E-state index in [4.69, 9.17) is 5.73 Å². The van der Waals surface area contributed by atoms with Gasteiger partial charge in [0.15, 0.2) is 0 Å². The Morgan fingerprint density at radius 2 is 2.00 bits per heavy atom. The van der Waals surface area contributed by atoms with Crippen LogP contribution in [0.1, 0.15) is 13.3 Å². The largest absolute Gasteiger partial charge is 0.382 e. The molecule has 7 nitrogen and oxygen atoms in total. The molecule has 2 N–H and O–H groups in total. The molecule has 2 rings (SSSR count). The van der Waals surface area contributed by atoms with Gasteiger partial charge in [-0.2, -0.15) is 5.10 Å². The summed E-state index contributed by atoms with van der Waals surface area (Å²) < 4.78 is 4.45. The van der Waals surface area contributed by atoms with Gasteiger partial charge in [-0.05, 0) is 19.4 Å². The SMILES string of the molecule is CCn1ccc(=O)n(CCCn2ccc(N)n2)c1=O. The number of aryl methyl sites for hydroxylation is 2. The molecule has 0 aliphatic rings. The maximum absolute atomic E-state index is 12.0. The molecule has 7 heteroatoms. The van der Waals surface area contributed by atoms with E-state index in [1.165, 1.54) is 21.4 Å². The van der Waals surface area contributed by atoms with Gasteiger partial charge in [0.25, 0.3) is 5.56 Å². The molecule has 2 aromatic heterocycles. The van der Waals surface area contributed by atoms with Crippen LogP contribution in [0.15, 0.2) is 34.1 Å². The Morgan fingerprint density at radius 1 is 1.21 bits per heavy atom. The van der Waals surface area contributed by atoms with Crippen LogP contribution in [0.5, 0.6) is 0 Å². The number of nitrogen functional groups attached to an aromatic ring is 1. The predicted molar refractivity (Wildman–Crippen MR) is 71.9 cm³/mol. The smallest absolute Gasteiger partial charge is 0.330 e. The molecular weight excluding hydrogens is 246 g/mol. The third-order valence-electron chi connectivity index (χ3n) is 2.91. The van der Waals surface area contributed by atoms with Crippen LogP contribution in [0.2, 0.25) is 0 Å². The fourth-order valence-electron chi connectivity index (χ4n) is 1.90. The molecule has 2 aromatic rings. The zero-order chi connectivity index (χ0) is 13.8. The zero-order valence-electron chi connectivity index (χ0n) is 10.8. The van der Waals surface area contributed by atoms with Crippen molar-refractivity contribution >= 4 is 5.82 Å². The van der Waals surface area contributed by atoms with E-state index >= 15 is 0 Å². The van der Waals surface area contributed by atoms with Crippen molar-refractivity contribution in [3.8, 4) is 0 Å². The molecule has 0 amide bonds. The molecule has 0 unspecified atom stereocenters. The van der Waals surface area contributed by atoms with Crippen LogP contribution >= 0.6 is 0 Å². The van der Waals surface area contributed by atoms with E-state index in [2.05, 4.69) is 5.10 Å². The van der Waals surface area contributed by atoms with Crippen LogP contribution in [-0.4, -0.2) is 18.9 Å². The van der Waals surface area contributed by atoms with Gasteiger partial charge in [-0.3, -0.25) is 14.0 Å². The van der Waals surface area contributed by atoms with Gasteiger partial charge in [0, 0.05) is 38.1 Å². The summed E-state index contributed by atoms with van der Waals surface area (Å²) in [5.41, 5.74) is 4.97. The van der Waals surface area contributed by atoms with Crippen LogP contribution < -0.4 is 17.0 Å². The van der Waals surface area contributed by atoms with Gasteiger partial charge in [0.05, 0.1) is 0 Å². The van der Waals surface area contributed by atoms with E-state index in [0.717, 1.165) is 0 Å². The van der Waals surface area contributed by atoms with Crippen molar-refractivity contribution in [2.45, 2.75) is 33.0 Å². The number of nitrogens with zero attached hydrogens (tertiary/aromatic N) is 4. The van der Waals surface area contributed by atoms with Gasteiger partial charge in [0.1, 0.15) is 5.82 Å². The third-order valence-corrected chi connectivity index (χ3v) is 2.91. The Labute approximate surface area is 109 Å². The molecule has 0 bridgehead atoms. The normalized spacial score (nSPS) is 10.8. The molecule has 0 aliphatic carbocycles. The maximum Gasteiger partial charge on any atom is 0.330 e. The highest BCUT2D eigenvalue weighted by Gasteiger charge is 2.04. The van der Waals surface area contributed by atoms with E-state index in [1.54, 1.807) is 16.9 Å². The standard InChI is InChI=1S/C12H17N5O2/c1-2-15-8-5-11(18)17(12(15)19)7-3-6-16-9-4-10(13)14-16/h4-5,8-9H,2-3,6-7H2,1H3,(H2,13,14). The van der Waals surface area contributed by atoms with Gasteiger partial charge in [0.2, 0.25) is 0 Å². The van der Waals surface area contributed by atoms with Gasteiger partial charge in [-0.25, -0.2) is 4.79 Å². The summed E-state index contributed by atoms with van der Waals surface area (Å²) in [7, 11) is 0. The predicted octanol–water partition coefficient (Wildman–Crippen LogP) is -0.101. The number of anilines is 1. The van der Waals surface area contributed by atoms with Crippen molar-refractivity contribution in [2.75, 3.05) is 5.73 Å². The summed E-state index contributed by atoms with van der Waals surface area (Å²) in [6.45, 7) is 3.40. The van der Waals surface area contributed by atoms with Crippen LogP contribution in [0.3, 0.4) is 0 Å². The van der Waals surface area contributed by atoms with Crippen molar-refractivity contribution in [1.82, 2.24) is 18.9 Å². The van der Waals surface area contributed by atoms with Crippen molar-refractivity contribution < 1.29 is 0 Å².